The highest BCUT2D eigenvalue weighted by molar-refractivity contribution is 6.32. The minimum Gasteiger partial charge on any atom is -0.497 e. The second kappa shape index (κ2) is 7.06. The predicted molar refractivity (Wildman–Crippen MR) is 94.2 cm³/mol. The van der Waals surface area contributed by atoms with E-state index in [1.165, 1.54) is 0 Å². The molecule has 24 heavy (non-hydrogen) atoms. The number of nitrogens with one attached hydrogen (secondary N) is 2. The smallest absolute Gasteiger partial charge is 0.323 e. The monoisotopic (exact) mass is 342 g/mol. The van der Waals surface area contributed by atoms with Gasteiger partial charge in [-0.3, -0.25) is 0 Å². The Morgan fingerprint density at radius 1 is 1.12 bits per heavy atom. The van der Waals surface area contributed by atoms with Gasteiger partial charge in [-0.1, -0.05) is 29.8 Å². The Bertz CT molecular complexity index is 863. The predicted octanol–water partition coefficient (Wildman–Crippen LogP) is 4.18. The van der Waals surface area contributed by atoms with Gasteiger partial charge in [0.2, 0.25) is 0 Å². The molecule has 0 saturated heterocycles. The van der Waals surface area contributed by atoms with Crippen molar-refractivity contribution in [1.82, 2.24) is 9.78 Å². The lowest BCUT2D eigenvalue weighted by molar-refractivity contribution is 0.262. The molecule has 0 spiro atoms. The van der Waals surface area contributed by atoms with Gasteiger partial charge in [-0.25, -0.2) is 9.48 Å². The maximum Gasteiger partial charge on any atom is 0.323 e. The molecule has 2 aromatic carbocycles. The van der Waals surface area contributed by atoms with Crippen LogP contribution in [-0.4, -0.2) is 22.9 Å². The van der Waals surface area contributed by atoms with Crippen LogP contribution in [-0.2, 0) is 0 Å². The van der Waals surface area contributed by atoms with E-state index in [2.05, 4.69) is 15.7 Å². The zero-order chi connectivity index (χ0) is 16.9. The summed E-state index contributed by atoms with van der Waals surface area (Å²) in [6.45, 7) is 0. The SMILES string of the molecule is COc1cccc(NC(=O)Nc2cnn(-c3ccccc3Cl)c2)c1. The Hall–Kier alpha value is -2.99. The van der Waals surface area contributed by atoms with Crippen molar-refractivity contribution in [3.05, 3.63) is 65.9 Å². The number of hydrogen-bond acceptors (Lipinski definition) is 3. The first-order valence-corrected chi connectivity index (χ1v) is 7.55. The molecule has 3 rings (SSSR count). The molecule has 6 nitrogen and oxygen atoms in total. The number of ether oxygens (including phenoxy) is 1. The third-order valence-corrected chi connectivity index (χ3v) is 3.59. The van der Waals surface area contributed by atoms with Crippen LogP contribution in [0.3, 0.4) is 0 Å². The first-order valence-electron chi connectivity index (χ1n) is 7.17. The largest absolute Gasteiger partial charge is 0.497 e. The minimum absolute atomic E-state index is 0.373. The lowest BCUT2D eigenvalue weighted by Crippen LogP contribution is -2.19. The average Bonchev–Trinajstić information content (AvgIpc) is 3.03. The van der Waals surface area contributed by atoms with Gasteiger partial charge >= 0.3 is 6.03 Å². The zero-order valence-corrected chi connectivity index (χ0v) is 13.6. The molecule has 0 saturated carbocycles. The lowest BCUT2D eigenvalue weighted by Gasteiger charge is -2.07. The molecule has 0 aliphatic carbocycles. The quantitative estimate of drug-likeness (QED) is 0.747. The van der Waals surface area contributed by atoms with Gasteiger partial charge in [0.05, 0.1) is 35.9 Å². The van der Waals surface area contributed by atoms with Crippen LogP contribution >= 0.6 is 11.6 Å². The number of nitrogens with zero attached hydrogens (tertiary/aromatic N) is 2. The molecule has 2 amide bonds. The molecule has 7 heteroatoms. The number of benzene rings is 2. The molecule has 0 fully saturated rings. The number of hydrogen-bond donors (Lipinski definition) is 2. The maximum absolute atomic E-state index is 12.1. The number of amides is 2. The Kier molecular flexibility index (Phi) is 4.67. The average molecular weight is 343 g/mol. The van der Waals surface area contributed by atoms with Crippen molar-refractivity contribution in [2.24, 2.45) is 0 Å². The van der Waals surface area contributed by atoms with Crippen molar-refractivity contribution >= 4 is 29.0 Å². The summed E-state index contributed by atoms with van der Waals surface area (Å²) in [5.41, 5.74) is 1.92. The van der Waals surface area contributed by atoms with Crippen molar-refractivity contribution in [2.75, 3.05) is 17.7 Å². The minimum atomic E-state index is -0.373. The highest BCUT2D eigenvalue weighted by Crippen LogP contribution is 2.21. The van der Waals surface area contributed by atoms with Crippen LogP contribution in [0.1, 0.15) is 0 Å². The zero-order valence-electron chi connectivity index (χ0n) is 12.9. The van der Waals surface area contributed by atoms with Gasteiger partial charge in [-0.05, 0) is 24.3 Å². The standard InChI is InChI=1S/C17H15ClN4O2/c1-24-14-6-4-5-12(9-14)20-17(23)21-13-10-19-22(11-13)16-8-3-2-7-15(16)18/h2-11H,1H3,(H2,20,21,23). The van der Waals surface area contributed by atoms with Crippen LogP contribution in [0, 0.1) is 0 Å². The van der Waals surface area contributed by atoms with E-state index in [4.69, 9.17) is 16.3 Å². The van der Waals surface area contributed by atoms with Crippen molar-refractivity contribution in [1.29, 1.82) is 0 Å². The number of para-hydroxylation sites is 1. The fourth-order valence-corrected chi connectivity index (χ4v) is 2.37. The van der Waals surface area contributed by atoms with Crippen molar-refractivity contribution in [3.8, 4) is 11.4 Å². The fraction of sp³-hybridized carbons (Fsp3) is 0.0588. The number of urea groups is 1. The molecule has 3 aromatic rings. The van der Waals surface area contributed by atoms with E-state index < -0.39 is 0 Å². The second-order valence-corrected chi connectivity index (χ2v) is 5.34. The van der Waals surface area contributed by atoms with E-state index in [9.17, 15) is 4.79 Å². The van der Waals surface area contributed by atoms with Crippen LogP contribution in [0.4, 0.5) is 16.2 Å². The van der Waals surface area contributed by atoms with Gasteiger partial charge < -0.3 is 15.4 Å². The first-order chi connectivity index (χ1) is 11.7. The molecule has 0 unspecified atom stereocenters. The summed E-state index contributed by atoms with van der Waals surface area (Å²) in [6, 6.07) is 14.1. The van der Waals surface area contributed by atoms with Crippen LogP contribution < -0.4 is 15.4 Å². The van der Waals surface area contributed by atoms with E-state index in [1.54, 1.807) is 54.5 Å². The summed E-state index contributed by atoms with van der Waals surface area (Å²) >= 11 is 6.14. The Morgan fingerprint density at radius 2 is 1.92 bits per heavy atom. The summed E-state index contributed by atoms with van der Waals surface area (Å²) in [4.78, 5) is 12.1. The van der Waals surface area contributed by atoms with E-state index in [-0.39, 0.29) is 6.03 Å². The van der Waals surface area contributed by atoms with E-state index in [0.717, 1.165) is 5.69 Å². The van der Waals surface area contributed by atoms with Gasteiger partial charge in [0, 0.05) is 11.8 Å². The van der Waals surface area contributed by atoms with Crippen LogP contribution in [0.25, 0.3) is 5.69 Å². The topological polar surface area (TPSA) is 68.2 Å². The maximum atomic E-state index is 12.1. The lowest BCUT2D eigenvalue weighted by atomic mass is 10.3. The van der Waals surface area contributed by atoms with Gasteiger partial charge in [-0.15, -0.1) is 0 Å². The van der Waals surface area contributed by atoms with E-state index in [0.29, 0.717) is 22.1 Å². The molecular weight excluding hydrogens is 328 g/mol. The number of carbonyl (C=O) groups excluding carboxylic acids is 1. The molecule has 1 aromatic heterocycles. The molecule has 2 N–H and O–H groups in total. The number of carbonyl (C=O) groups is 1. The third kappa shape index (κ3) is 3.67. The van der Waals surface area contributed by atoms with Crippen LogP contribution in [0.2, 0.25) is 5.02 Å². The number of methoxy groups -OCH3 is 1. The van der Waals surface area contributed by atoms with Crippen LogP contribution in [0.5, 0.6) is 5.75 Å². The summed E-state index contributed by atoms with van der Waals surface area (Å²) < 4.78 is 6.72. The second-order valence-electron chi connectivity index (χ2n) is 4.94. The Balaban J connectivity index is 1.68. The van der Waals surface area contributed by atoms with E-state index in [1.807, 2.05) is 18.2 Å². The molecule has 0 radical (unpaired) electrons. The normalized spacial score (nSPS) is 10.2. The first kappa shape index (κ1) is 15.9. The molecule has 1 heterocycles. The van der Waals surface area contributed by atoms with Crippen molar-refractivity contribution in [2.45, 2.75) is 0 Å². The van der Waals surface area contributed by atoms with Crippen molar-refractivity contribution in [3.63, 3.8) is 0 Å². The summed E-state index contributed by atoms with van der Waals surface area (Å²) in [5.74, 6) is 0.666. The molecule has 0 aliphatic heterocycles. The van der Waals surface area contributed by atoms with E-state index >= 15 is 0 Å². The molecule has 122 valence electrons. The van der Waals surface area contributed by atoms with Gasteiger partial charge in [0.15, 0.2) is 0 Å². The van der Waals surface area contributed by atoms with Gasteiger partial charge in [0.25, 0.3) is 0 Å². The Labute approximate surface area is 144 Å². The summed E-state index contributed by atoms with van der Waals surface area (Å²) in [5, 5.41) is 10.2. The number of aromatic nitrogens is 2. The molecular formula is C17H15ClN4O2. The number of anilines is 2. The van der Waals surface area contributed by atoms with Crippen LogP contribution in [0.15, 0.2) is 60.9 Å². The number of halogens is 1. The van der Waals surface area contributed by atoms with Gasteiger partial charge in [-0.2, -0.15) is 5.10 Å². The van der Waals surface area contributed by atoms with Gasteiger partial charge in [0.1, 0.15) is 5.75 Å². The molecule has 0 aliphatic rings. The number of rotatable bonds is 4. The molecule has 0 atom stereocenters. The third-order valence-electron chi connectivity index (χ3n) is 3.27. The van der Waals surface area contributed by atoms with Crippen molar-refractivity contribution < 1.29 is 9.53 Å². The molecule has 0 bridgehead atoms. The highest BCUT2D eigenvalue weighted by Gasteiger charge is 2.08. The fourth-order valence-electron chi connectivity index (χ4n) is 2.15. The Morgan fingerprint density at radius 3 is 2.71 bits per heavy atom. The summed E-state index contributed by atoms with van der Waals surface area (Å²) in [7, 11) is 1.57. The highest BCUT2D eigenvalue weighted by atomic mass is 35.5. The summed E-state index contributed by atoms with van der Waals surface area (Å²) in [6.07, 6.45) is 3.24.